The van der Waals surface area contributed by atoms with E-state index in [0.29, 0.717) is 6.04 Å². The molecule has 1 aliphatic carbocycles. The molecule has 0 spiro atoms. The average molecular weight is 244 g/mol. The smallest absolute Gasteiger partial charge is 0.120 e. The first kappa shape index (κ1) is 11.6. The van der Waals surface area contributed by atoms with E-state index in [1.165, 1.54) is 28.6 Å². The van der Waals surface area contributed by atoms with Gasteiger partial charge in [-0.15, -0.1) is 0 Å². The number of aromatic nitrogens is 1. The van der Waals surface area contributed by atoms with Crippen molar-refractivity contribution in [2.45, 2.75) is 32.2 Å². The standard InChI is InChI=1S/C15H20N2O/c1-3-18-11-5-7-15-13(9-11)12-8-10(16-2)4-6-14(12)17-15/h5,7,9-10,16-17H,3-4,6,8H2,1-2H3. The van der Waals surface area contributed by atoms with Crippen LogP contribution in [0.25, 0.3) is 10.9 Å². The van der Waals surface area contributed by atoms with E-state index in [2.05, 4.69) is 29.5 Å². The second kappa shape index (κ2) is 4.65. The van der Waals surface area contributed by atoms with Gasteiger partial charge in [0.15, 0.2) is 0 Å². The SMILES string of the molecule is CCOc1ccc2[nH]c3c(c2c1)CC(NC)CC3. The summed E-state index contributed by atoms with van der Waals surface area (Å²) in [6, 6.07) is 6.95. The van der Waals surface area contributed by atoms with E-state index in [0.717, 1.165) is 25.2 Å². The first-order valence-corrected chi connectivity index (χ1v) is 6.75. The molecule has 0 fully saturated rings. The molecule has 0 saturated heterocycles. The van der Waals surface area contributed by atoms with Crippen LogP contribution in [0.1, 0.15) is 24.6 Å². The van der Waals surface area contributed by atoms with Gasteiger partial charge in [0.1, 0.15) is 5.75 Å². The Morgan fingerprint density at radius 1 is 1.44 bits per heavy atom. The van der Waals surface area contributed by atoms with Crippen LogP contribution in [0.15, 0.2) is 18.2 Å². The normalized spacial score (nSPS) is 18.9. The molecule has 0 saturated carbocycles. The zero-order valence-corrected chi connectivity index (χ0v) is 11.0. The van der Waals surface area contributed by atoms with Crippen molar-refractivity contribution < 1.29 is 4.74 Å². The Morgan fingerprint density at radius 2 is 2.33 bits per heavy atom. The van der Waals surface area contributed by atoms with E-state index in [1.54, 1.807) is 0 Å². The Morgan fingerprint density at radius 3 is 3.11 bits per heavy atom. The number of aromatic amines is 1. The largest absolute Gasteiger partial charge is 0.494 e. The van der Waals surface area contributed by atoms with E-state index in [-0.39, 0.29) is 0 Å². The molecule has 1 aromatic heterocycles. The topological polar surface area (TPSA) is 37.0 Å². The van der Waals surface area contributed by atoms with Crippen LogP contribution < -0.4 is 10.1 Å². The third-order valence-corrected chi connectivity index (χ3v) is 3.88. The number of hydrogen-bond donors (Lipinski definition) is 2. The highest BCUT2D eigenvalue weighted by atomic mass is 16.5. The van der Waals surface area contributed by atoms with E-state index < -0.39 is 0 Å². The lowest BCUT2D eigenvalue weighted by atomic mass is 9.91. The van der Waals surface area contributed by atoms with Crippen molar-refractivity contribution in [2.75, 3.05) is 13.7 Å². The number of aryl methyl sites for hydroxylation is 1. The monoisotopic (exact) mass is 244 g/mol. The summed E-state index contributed by atoms with van der Waals surface area (Å²) in [5.41, 5.74) is 4.11. The van der Waals surface area contributed by atoms with Crippen molar-refractivity contribution in [1.82, 2.24) is 10.3 Å². The summed E-state index contributed by atoms with van der Waals surface area (Å²) in [5.74, 6) is 0.971. The Kier molecular flexibility index (Phi) is 3.00. The summed E-state index contributed by atoms with van der Waals surface area (Å²) in [4.78, 5) is 3.55. The van der Waals surface area contributed by atoms with Gasteiger partial charge < -0.3 is 15.0 Å². The number of benzene rings is 1. The van der Waals surface area contributed by atoms with Crippen molar-refractivity contribution in [1.29, 1.82) is 0 Å². The second-order valence-corrected chi connectivity index (χ2v) is 4.95. The summed E-state index contributed by atoms with van der Waals surface area (Å²) in [7, 11) is 2.05. The second-order valence-electron chi connectivity index (χ2n) is 4.95. The van der Waals surface area contributed by atoms with Crippen molar-refractivity contribution in [2.24, 2.45) is 0 Å². The van der Waals surface area contributed by atoms with Crippen molar-refractivity contribution >= 4 is 10.9 Å². The number of likely N-dealkylation sites (N-methyl/N-ethyl adjacent to an activating group) is 1. The number of hydrogen-bond acceptors (Lipinski definition) is 2. The third-order valence-electron chi connectivity index (χ3n) is 3.88. The fourth-order valence-corrected chi connectivity index (χ4v) is 2.90. The maximum Gasteiger partial charge on any atom is 0.120 e. The lowest BCUT2D eigenvalue weighted by molar-refractivity contribution is 0.340. The van der Waals surface area contributed by atoms with Crippen LogP contribution in [-0.4, -0.2) is 24.7 Å². The highest BCUT2D eigenvalue weighted by Crippen LogP contribution is 2.31. The predicted molar refractivity (Wildman–Crippen MR) is 74.3 cm³/mol. The molecule has 0 amide bonds. The maximum atomic E-state index is 5.60. The molecule has 2 N–H and O–H groups in total. The summed E-state index contributed by atoms with van der Waals surface area (Å²) in [6.07, 6.45) is 3.47. The first-order chi connectivity index (χ1) is 8.81. The molecule has 18 heavy (non-hydrogen) atoms. The number of fused-ring (bicyclic) bond motifs is 3. The molecule has 1 heterocycles. The van der Waals surface area contributed by atoms with E-state index in [1.807, 2.05) is 13.0 Å². The molecule has 0 radical (unpaired) electrons. The van der Waals surface area contributed by atoms with Gasteiger partial charge in [-0.05, 0) is 57.0 Å². The minimum Gasteiger partial charge on any atom is -0.494 e. The highest BCUT2D eigenvalue weighted by Gasteiger charge is 2.21. The molecule has 3 nitrogen and oxygen atoms in total. The lowest BCUT2D eigenvalue weighted by Gasteiger charge is -2.21. The minimum atomic E-state index is 0.604. The van der Waals surface area contributed by atoms with Crippen LogP contribution in [0.4, 0.5) is 0 Å². The molecule has 1 aliphatic rings. The van der Waals surface area contributed by atoms with Crippen molar-refractivity contribution in [3.8, 4) is 5.75 Å². The van der Waals surface area contributed by atoms with Gasteiger partial charge in [-0.1, -0.05) is 0 Å². The van der Waals surface area contributed by atoms with Crippen LogP contribution in [0.3, 0.4) is 0 Å². The number of rotatable bonds is 3. The van der Waals surface area contributed by atoms with E-state index in [9.17, 15) is 0 Å². The average Bonchev–Trinajstić information content (AvgIpc) is 2.76. The molecular weight excluding hydrogens is 224 g/mol. The summed E-state index contributed by atoms with van der Waals surface area (Å²) in [6.45, 7) is 2.74. The van der Waals surface area contributed by atoms with Gasteiger partial charge >= 0.3 is 0 Å². The van der Waals surface area contributed by atoms with Crippen molar-refractivity contribution in [3.05, 3.63) is 29.5 Å². The lowest BCUT2D eigenvalue weighted by Crippen LogP contribution is -2.31. The van der Waals surface area contributed by atoms with Gasteiger partial charge in [-0.2, -0.15) is 0 Å². The Balaban J connectivity index is 2.05. The Hall–Kier alpha value is -1.48. The van der Waals surface area contributed by atoms with Crippen LogP contribution in [0.2, 0.25) is 0 Å². The molecule has 1 unspecified atom stereocenters. The minimum absolute atomic E-state index is 0.604. The molecule has 1 atom stereocenters. The highest BCUT2D eigenvalue weighted by molar-refractivity contribution is 5.86. The van der Waals surface area contributed by atoms with Gasteiger partial charge in [-0.25, -0.2) is 0 Å². The molecule has 0 aliphatic heterocycles. The fraction of sp³-hybridized carbons (Fsp3) is 0.467. The molecule has 3 heteroatoms. The number of ether oxygens (including phenoxy) is 1. The zero-order chi connectivity index (χ0) is 12.5. The summed E-state index contributed by atoms with van der Waals surface area (Å²) < 4.78 is 5.60. The molecular formula is C15H20N2O. The zero-order valence-electron chi connectivity index (χ0n) is 11.0. The van der Waals surface area contributed by atoms with E-state index >= 15 is 0 Å². The van der Waals surface area contributed by atoms with Crippen LogP contribution in [-0.2, 0) is 12.8 Å². The third kappa shape index (κ3) is 1.89. The number of nitrogens with one attached hydrogen (secondary N) is 2. The summed E-state index contributed by atoms with van der Waals surface area (Å²) in [5, 5.41) is 4.72. The van der Waals surface area contributed by atoms with Gasteiger partial charge in [0.2, 0.25) is 0 Å². The van der Waals surface area contributed by atoms with E-state index in [4.69, 9.17) is 4.74 Å². The number of H-pyrrole nitrogens is 1. The van der Waals surface area contributed by atoms with Gasteiger partial charge in [0.05, 0.1) is 6.61 Å². The molecule has 1 aromatic carbocycles. The molecule has 0 bridgehead atoms. The molecule has 2 aromatic rings. The van der Waals surface area contributed by atoms with Crippen molar-refractivity contribution in [3.63, 3.8) is 0 Å². The quantitative estimate of drug-likeness (QED) is 0.871. The van der Waals surface area contributed by atoms with Crippen LogP contribution in [0, 0.1) is 0 Å². The first-order valence-electron chi connectivity index (χ1n) is 6.75. The van der Waals surface area contributed by atoms with Gasteiger partial charge in [-0.3, -0.25) is 0 Å². The predicted octanol–water partition coefficient (Wildman–Crippen LogP) is 2.64. The Bertz CT molecular complexity index is 559. The van der Waals surface area contributed by atoms with Gasteiger partial charge in [0.25, 0.3) is 0 Å². The summed E-state index contributed by atoms with van der Waals surface area (Å²) >= 11 is 0. The van der Waals surface area contributed by atoms with Crippen LogP contribution in [0.5, 0.6) is 5.75 Å². The maximum absolute atomic E-state index is 5.60. The Labute approximate surface area is 108 Å². The molecule has 3 rings (SSSR count). The molecule has 96 valence electrons. The van der Waals surface area contributed by atoms with Gasteiger partial charge in [0, 0.05) is 22.6 Å². The fourth-order valence-electron chi connectivity index (χ4n) is 2.90. The van der Waals surface area contributed by atoms with Crippen LogP contribution >= 0.6 is 0 Å².